The lowest BCUT2D eigenvalue weighted by atomic mass is 9.97. The summed E-state index contributed by atoms with van der Waals surface area (Å²) in [5.74, 6) is 3.35. The summed E-state index contributed by atoms with van der Waals surface area (Å²) >= 11 is 0. The summed E-state index contributed by atoms with van der Waals surface area (Å²) in [5.41, 5.74) is 3.51. The maximum Gasteiger partial charge on any atom is 0.208 e. The Labute approximate surface area is 174 Å². The van der Waals surface area contributed by atoms with E-state index >= 15 is 0 Å². The van der Waals surface area contributed by atoms with Gasteiger partial charge in [-0.15, -0.1) is 0 Å². The SMILES string of the molecule is CCNC(=NCc1ccc(C)cc1)NCC1CCN(Cc2nc(C)c(C)o2)CC1. The van der Waals surface area contributed by atoms with Gasteiger partial charge in [0.05, 0.1) is 18.8 Å². The van der Waals surface area contributed by atoms with E-state index in [1.807, 2.05) is 13.8 Å². The molecule has 0 unspecified atom stereocenters. The molecule has 0 spiro atoms. The predicted octanol–water partition coefficient (Wildman–Crippen LogP) is 3.57. The van der Waals surface area contributed by atoms with E-state index in [1.54, 1.807) is 0 Å². The molecule has 1 aliphatic rings. The van der Waals surface area contributed by atoms with Crippen LogP contribution >= 0.6 is 0 Å². The molecule has 1 saturated heterocycles. The van der Waals surface area contributed by atoms with Gasteiger partial charge in [-0.3, -0.25) is 4.90 Å². The lowest BCUT2D eigenvalue weighted by Crippen LogP contribution is -2.42. The molecule has 0 bridgehead atoms. The number of aromatic nitrogens is 1. The minimum atomic E-state index is 0.669. The second-order valence-electron chi connectivity index (χ2n) is 8.03. The Bertz CT molecular complexity index is 769. The molecule has 1 aromatic heterocycles. The van der Waals surface area contributed by atoms with Crippen molar-refractivity contribution in [3.63, 3.8) is 0 Å². The van der Waals surface area contributed by atoms with Crippen LogP contribution in [0.4, 0.5) is 0 Å². The summed E-state index contributed by atoms with van der Waals surface area (Å²) in [6.45, 7) is 13.7. The zero-order valence-electron chi connectivity index (χ0n) is 18.3. The Balaban J connectivity index is 1.43. The summed E-state index contributed by atoms with van der Waals surface area (Å²) in [6, 6.07) is 8.57. The minimum absolute atomic E-state index is 0.669. The van der Waals surface area contributed by atoms with Crippen molar-refractivity contribution < 1.29 is 4.42 Å². The van der Waals surface area contributed by atoms with Crippen molar-refractivity contribution in [3.8, 4) is 0 Å². The Morgan fingerprint density at radius 3 is 2.48 bits per heavy atom. The van der Waals surface area contributed by atoms with Crippen LogP contribution in [0.5, 0.6) is 0 Å². The number of hydrogen-bond donors (Lipinski definition) is 2. The highest BCUT2D eigenvalue weighted by atomic mass is 16.4. The molecule has 1 aromatic carbocycles. The van der Waals surface area contributed by atoms with Crippen LogP contribution in [0.25, 0.3) is 0 Å². The van der Waals surface area contributed by atoms with Crippen LogP contribution in [0, 0.1) is 26.7 Å². The highest BCUT2D eigenvalue weighted by Gasteiger charge is 2.21. The molecule has 158 valence electrons. The van der Waals surface area contributed by atoms with Crippen molar-refractivity contribution in [2.45, 2.75) is 53.6 Å². The second kappa shape index (κ2) is 10.4. The van der Waals surface area contributed by atoms with Crippen LogP contribution in [0.1, 0.15) is 48.2 Å². The minimum Gasteiger partial charge on any atom is -0.444 e. The fourth-order valence-corrected chi connectivity index (χ4v) is 3.59. The van der Waals surface area contributed by atoms with E-state index in [9.17, 15) is 0 Å². The second-order valence-corrected chi connectivity index (χ2v) is 8.03. The molecule has 6 heteroatoms. The molecule has 0 atom stereocenters. The summed E-state index contributed by atoms with van der Waals surface area (Å²) in [6.07, 6.45) is 2.37. The van der Waals surface area contributed by atoms with Crippen molar-refractivity contribution in [3.05, 3.63) is 52.7 Å². The van der Waals surface area contributed by atoms with E-state index in [0.717, 1.165) is 56.0 Å². The number of benzene rings is 1. The van der Waals surface area contributed by atoms with Gasteiger partial charge in [0, 0.05) is 13.1 Å². The lowest BCUT2D eigenvalue weighted by molar-refractivity contribution is 0.164. The van der Waals surface area contributed by atoms with E-state index in [2.05, 4.69) is 58.6 Å². The number of guanidine groups is 1. The van der Waals surface area contributed by atoms with Crippen molar-refractivity contribution in [2.75, 3.05) is 26.2 Å². The molecule has 0 saturated carbocycles. The smallest absolute Gasteiger partial charge is 0.208 e. The first-order valence-electron chi connectivity index (χ1n) is 10.8. The number of rotatable bonds is 7. The summed E-state index contributed by atoms with van der Waals surface area (Å²) in [5, 5.41) is 6.90. The standard InChI is InChI=1S/C23H35N5O/c1-5-24-23(25-14-20-8-6-17(2)7-9-20)26-15-21-10-12-28(13-11-21)16-22-27-18(3)19(4)29-22/h6-9,21H,5,10-16H2,1-4H3,(H2,24,25,26). The maximum atomic E-state index is 5.73. The average Bonchev–Trinajstić information content (AvgIpc) is 3.03. The number of aliphatic imine (C=N–C) groups is 1. The van der Waals surface area contributed by atoms with Crippen LogP contribution in [0.15, 0.2) is 33.7 Å². The Kier molecular flexibility index (Phi) is 7.69. The van der Waals surface area contributed by atoms with E-state index in [-0.39, 0.29) is 0 Å². The van der Waals surface area contributed by atoms with E-state index in [0.29, 0.717) is 12.5 Å². The molecule has 1 aliphatic heterocycles. The molecular weight excluding hydrogens is 362 g/mol. The quantitative estimate of drug-likeness (QED) is 0.552. The van der Waals surface area contributed by atoms with Gasteiger partial charge in [-0.25, -0.2) is 9.98 Å². The first-order chi connectivity index (χ1) is 14.0. The molecule has 29 heavy (non-hydrogen) atoms. The number of hydrogen-bond acceptors (Lipinski definition) is 4. The number of piperidine rings is 1. The number of oxazole rings is 1. The first kappa shape index (κ1) is 21.4. The van der Waals surface area contributed by atoms with E-state index < -0.39 is 0 Å². The van der Waals surface area contributed by atoms with Crippen LogP contribution in [-0.2, 0) is 13.1 Å². The van der Waals surface area contributed by atoms with Gasteiger partial charge in [-0.1, -0.05) is 29.8 Å². The average molecular weight is 398 g/mol. The summed E-state index contributed by atoms with van der Waals surface area (Å²) in [7, 11) is 0. The van der Waals surface area contributed by atoms with Crippen LogP contribution in [0.2, 0.25) is 0 Å². The van der Waals surface area contributed by atoms with Crippen molar-refractivity contribution >= 4 is 5.96 Å². The number of nitrogens with zero attached hydrogens (tertiary/aromatic N) is 3. The van der Waals surface area contributed by atoms with Gasteiger partial charge in [0.25, 0.3) is 0 Å². The predicted molar refractivity (Wildman–Crippen MR) is 118 cm³/mol. The summed E-state index contributed by atoms with van der Waals surface area (Å²) in [4.78, 5) is 11.7. The molecule has 2 aromatic rings. The first-order valence-corrected chi connectivity index (χ1v) is 10.8. The van der Waals surface area contributed by atoms with E-state index in [4.69, 9.17) is 9.41 Å². The fraction of sp³-hybridized carbons (Fsp3) is 0.565. The number of likely N-dealkylation sites (tertiary alicyclic amines) is 1. The largest absolute Gasteiger partial charge is 0.444 e. The highest BCUT2D eigenvalue weighted by Crippen LogP contribution is 2.19. The Morgan fingerprint density at radius 2 is 1.86 bits per heavy atom. The molecule has 0 amide bonds. The normalized spacial score (nSPS) is 16.2. The Morgan fingerprint density at radius 1 is 1.14 bits per heavy atom. The zero-order chi connectivity index (χ0) is 20.6. The third-order valence-electron chi connectivity index (χ3n) is 5.58. The van der Waals surface area contributed by atoms with Gasteiger partial charge >= 0.3 is 0 Å². The lowest BCUT2D eigenvalue weighted by Gasteiger charge is -2.31. The van der Waals surface area contributed by atoms with Crippen molar-refractivity contribution in [1.82, 2.24) is 20.5 Å². The zero-order valence-corrected chi connectivity index (χ0v) is 18.3. The molecule has 3 rings (SSSR count). The van der Waals surface area contributed by atoms with Crippen LogP contribution in [-0.4, -0.2) is 42.0 Å². The number of aryl methyl sites for hydroxylation is 3. The van der Waals surface area contributed by atoms with Gasteiger partial charge in [-0.05, 0) is 65.1 Å². The van der Waals surface area contributed by atoms with Crippen LogP contribution < -0.4 is 10.6 Å². The third kappa shape index (κ3) is 6.60. The molecule has 1 fully saturated rings. The molecular formula is C23H35N5O. The fourth-order valence-electron chi connectivity index (χ4n) is 3.59. The molecule has 2 N–H and O–H groups in total. The van der Waals surface area contributed by atoms with Crippen molar-refractivity contribution in [2.24, 2.45) is 10.9 Å². The molecule has 0 aliphatic carbocycles. The van der Waals surface area contributed by atoms with Gasteiger partial charge in [-0.2, -0.15) is 0 Å². The summed E-state index contributed by atoms with van der Waals surface area (Å²) < 4.78 is 5.73. The topological polar surface area (TPSA) is 65.7 Å². The highest BCUT2D eigenvalue weighted by molar-refractivity contribution is 5.79. The third-order valence-corrected chi connectivity index (χ3v) is 5.58. The maximum absolute atomic E-state index is 5.73. The van der Waals surface area contributed by atoms with Gasteiger partial charge < -0.3 is 15.1 Å². The van der Waals surface area contributed by atoms with Gasteiger partial charge in [0.2, 0.25) is 5.89 Å². The Hall–Kier alpha value is -2.34. The molecule has 6 nitrogen and oxygen atoms in total. The van der Waals surface area contributed by atoms with Gasteiger partial charge in [0.1, 0.15) is 5.76 Å². The molecule has 0 radical (unpaired) electrons. The van der Waals surface area contributed by atoms with E-state index in [1.165, 1.54) is 24.0 Å². The monoisotopic (exact) mass is 397 g/mol. The van der Waals surface area contributed by atoms with Crippen LogP contribution in [0.3, 0.4) is 0 Å². The number of nitrogens with one attached hydrogen (secondary N) is 2. The molecule has 2 heterocycles. The van der Waals surface area contributed by atoms with Gasteiger partial charge in [0.15, 0.2) is 5.96 Å². The van der Waals surface area contributed by atoms with Crippen molar-refractivity contribution in [1.29, 1.82) is 0 Å².